The third-order valence-electron chi connectivity index (χ3n) is 9.24. The van der Waals surface area contributed by atoms with Gasteiger partial charge in [0, 0.05) is 55.3 Å². The van der Waals surface area contributed by atoms with Gasteiger partial charge in [-0.05, 0) is 79.9 Å². The summed E-state index contributed by atoms with van der Waals surface area (Å²) in [6.45, 7) is 5.66. The Morgan fingerprint density at radius 3 is 2.63 bits per heavy atom. The lowest BCUT2D eigenvalue weighted by Gasteiger charge is -2.38. The number of aromatic nitrogens is 1. The van der Waals surface area contributed by atoms with Crippen molar-refractivity contribution in [1.29, 1.82) is 5.26 Å². The van der Waals surface area contributed by atoms with Crippen LogP contribution in [-0.4, -0.2) is 79.4 Å². The van der Waals surface area contributed by atoms with E-state index < -0.39 is 15.9 Å². The number of hydrogen-bond acceptors (Lipinski definition) is 10. The smallest absolute Gasteiger partial charge is 0.266 e. The molecule has 3 aromatic carbocycles. The lowest BCUT2D eigenvalue weighted by atomic mass is 9.96. The molecule has 0 amide bonds. The Bertz CT molecular complexity index is 2020. The van der Waals surface area contributed by atoms with E-state index in [1.165, 1.54) is 6.20 Å². The van der Waals surface area contributed by atoms with Crippen LogP contribution in [0.3, 0.4) is 0 Å². The zero-order valence-electron chi connectivity index (χ0n) is 28.7. The molecule has 0 spiro atoms. The molecule has 1 saturated heterocycles. The van der Waals surface area contributed by atoms with Crippen molar-refractivity contribution < 1.29 is 31.9 Å². The summed E-state index contributed by atoms with van der Waals surface area (Å²) in [5.41, 5.74) is 5.94. The normalized spacial score (nSPS) is 16.1. The van der Waals surface area contributed by atoms with Gasteiger partial charge in [0.05, 0.1) is 16.3 Å². The van der Waals surface area contributed by atoms with Crippen LogP contribution in [0.4, 0.5) is 0 Å². The van der Waals surface area contributed by atoms with Gasteiger partial charge < -0.3 is 23.8 Å². The molecule has 51 heavy (non-hydrogen) atoms. The second kappa shape index (κ2) is 16.3. The van der Waals surface area contributed by atoms with Gasteiger partial charge in [-0.2, -0.15) is 13.7 Å². The van der Waals surface area contributed by atoms with Crippen LogP contribution in [0.2, 0.25) is 5.02 Å². The molecule has 1 fully saturated rings. The van der Waals surface area contributed by atoms with Gasteiger partial charge >= 0.3 is 0 Å². The number of hydrogen-bond donors (Lipinski definition) is 1. The third kappa shape index (κ3) is 9.49. The number of likely N-dealkylation sites (N-methyl/N-ethyl adjacent to an activating group) is 1. The number of pyridine rings is 1. The van der Waals surface area contributed by atoms with Crippen molar-refractivity contribution in [3.8, 4) is 40.2 Å². The van der Waals surface area contributed by atoms with Gasteiger partial charge in [-0.3, -0.25) is 14.4 Å². The minimum atomic E-state index is -4.18. The van der Waals surface area contributed by atoms with Crippen LogP contribution in [0.5, 0.6) is 23.0 Å². The summed E-state index contributed by atoms with van der Waals surface area (Å²) in [6.07, 6.45) is 4.99. The second-order valence-corrected chi connectivity index (χ2v) is 14.9. The van der Waals surface area contributed by atoms with Gasteiger partial charge in [0.15, 0.2) is 11.5 Å². The first-order chi connectivity index (χ1) is 24.6. The largest absolute Gasteiger partial charge is 0.488 e. The average molecular weight is 733 g/mol. The van der Waals surface area contributed by atoms with Gasteiger partial charge in [0.2, 0.25) is 0 Å². The van der Waals surface area contributed by atoms with Crippen LogP contribution in [0.15, 0.2) is 67.0 Å². The van der Waals surface area contributed by atoms with Crippen molar-refractivity contribution in [3.05, 3.63) is 99.8 Å². The quantitative estimate of drug-likeness (QED) is 0.155. The first-order valence-electron chi connectivity index (χ1n) is 16.8. The van der Waals surface area contributed by atoms with Crippen molar-refractivity contribution in [1.82, 2.24) is 14.8 Å². The van der Waals surface area contributed by atoms with Gasteiger partial charge in [-0.1, -0.05) is 35.9 Å². The molecule has 0 unspecified atom stereocenters. The molecule has 0 radical (unpaired) electrons. The van der Waals surface area contributed by atoms with E-state index in [1.54, 1.807) is 24.4 Å². The maximum absolute atomic E-state index is 11.8. The average Bonchev–Trinajstić information content (AvgIpc) is 3.12. The first kappa shape index (κ1) is 36.4. The molecule has 0 saturated carbocycles. The number of ether oxygens (including phenoxy) is 4. The minimum Gasteiger partial charge on any atom is -0.488 e. The third-order valence-corrected chi connectivity index (χ3v) is 10.2. The highest BCUT2D eigenvalue weighted by Crippen LogP contribution is 2.38. The molecule has 1 N–H and O–H groups in total. The number of rotatable bonds is 13. The summed E-state index contributed by atoms with van der Waals surface area (Å²) in [6, 6.07) is 19.4. The fourth-order valence-electron chi connectivity index (χ4n) is 6.53. The number of likely N-dealkylation sites (tertiary alicyclic amines) is 1. The maximum Gasteiger partial charge on any atom is 0.266 e. The highest BCUT2D eigenvalue weighted by molar-refractivity contribution is 7.85. The van der Waals surface area contributed by atoms with Crippen LogP contribution in [-0.2, 0) is 29.9 Å². The fraction of sp³-hybridized carbons (Fsp3) is 0.368. The van der Waals surface area contributed by atoms with Gasteiger partial charge in [-0.15, -0.1) is 0 Å². The molecule has 0 bridgehead atoms. The van der Waals surface area contributed by atoms with Crippen LogP contribution >= 0.6 is 11.6 Å². The van der Waals surface area contributed by atoms with Crippen molar-refractivity contribution >= 4 is 21.7 Å². The molecular weight excluding hydrogens is 692 g/mol. The van der Waals surface area contributed by atoms with E-state index in [1.807, 2.05) is 37.4 Å². The molecule has 0 aliphatic carbocycles. The lowest BCUT2D eigenvalue weighted by molar-refractivity contribution is 0.110. The summed E-state index contributed by atoms with van der Waals surface area (Å²) in [5.74, 6) is 1.99. The molecule has 13 heteroatoms. The molecule has 1 aromatic heterocycles. The molecule has 11 nitrogen and oxygen atoms in total. The Labute approximate surface area is 304 Å². The predicted molar refractivity (Wildman–Crippen MR) is 194 cm³/mol. The van der Waals surface area contributed by atoms with Crippen LogP contribution < -0.4 is 18.9 Å². The van der Waals surface area contributed by atoms with E-state index >= 15 is 0 Å². The maximum atomic E-state index is 11.8. The minimum absolute atomic E-state index is 0.0639. The molecule has 268 valence electrons. The van der Waals surface area contributed by atoms with Crippen molar-refractivity contribution in [2.45, 2.75) is 45.6 Å². The fourth-order valence-corrected chi connectivity index (χ4v) is 7.24. The highest BCUT2D eigenvalue weighted by Gasteiger charge is 2.27. The van der Waals surface area contributed by atoms with Crippen LogP contribution in [0, 0.1) is 18.3 Å². The van der Waals surface area contributed by atoms with Crippen molar-refractivity contribution in [3.63, 3.8) is 0 Å². The number of halogens is 1. The molecule has 6 rings (SSSR count). The lowest BCUT2D eigenvalue weighted by Crippen LogP contribution is -2.47. The zero-order valence-corrected chi connectivity index (χ0v) is 30.3. The SMILES string of the molecule is Cc1c(COc2cc(OCc3cncc(C#N)c3)c(CN(CCS(=O)(=O)O)[C@@H]3CCCN(C)C3)cc2Cl)cccc1-c1ccc2c(c1)OCCO2. The molecular formula is C38H41ClN4O7S. The van der Waals surface area contributed by atoms with E-state index in [0.717, 1.165) is 65.2 Å². The Morgan fingerprint density at radius 2 is 1.84 bits per heavy atom. The van der Waals surface area contributed by atoms with E-state index in [4.69, 9.17) is 30.5 Å². The molecule has 3 heterocycles. The Morgan fingerprint density at radius 1 is 1.04 bits per heavy atom. The predicted octanol–water partition coefficient (Wildman–Crippen LogP) is 6.30. The number of piperidine rings is 1. The Kier molecular flexibility index (Phi) is 11.6. The molecule has 4 aromatic rings. The summed E-state index contributed by atoms with van der Waals surface area (Å²) in [4.78, 5) is 8.43. The monoisotopic (exact) mass is 732 g/mol. The van der Waals surface area contributed by atoms with E-state index in [0.29, 0.717) is 47.4 Å². The second-order valence-electron chi connectivity index (χ2n) is 12.9. The van der Waals surface area contributed by atoms with Crippen molar-refractivity contribution in [2.24, 2.45) is 0 Å². The van der Waals surface area contributed by atoms with Gasteiger partial charge in [0.1, 0.15) is 44.0 Å². The number of benzene rings is 3. The number of nitrogens with zero attached hydrogens (tertiary/aromatic N) is 4. The van der Waals surface area contributed by atoms with Crippen LogP contribution in [0.1, 0.15) is 40.7 Å². The Hall–Kier alpha value is -4.38. The van der Waals surface area contributed by atoms with E-state index in [2.05, 4.69) is 33.8 Å². The first-order valence-corrected chi connectivity index (χ1v) is 18.8. The van der Waals surface area contributed by atoms with E-state index in [9.17, 15) is 18.2 Å². The van der Waals surface area contributed by atoms with E-state index in [-0.39, 0.29) is 25.8 Å². The topological polar surface area (TPSA) is 134 Å². The Balaban J connectivity index is 1.27. The van der Waals surface area contributed by atoms with Crippen molar-refractivity contribution in [2.75, 3.05) is 45.6 Å². The summed E-state index contributed by atoms with van der Waals surface area (Å²) in [7, 11) is -2.14. The number of fused-ring (bicyclic) bond motifs is 1. The zero-order chi connectivity index (χ0) is 36.0. The molecule has 2 aliphatic heterocycles. The van der Waals surface area contributed by atoms with Gasteiger partial charge in [0.25, 0.3) is 10.1 Å². The van der Waals surface area contributed by atoms with Gasteiger partial charge in [-0.25, -0.2) is 0 Å². The highest BCUT2D eigenvalue weighted by atomic mass is 35.5. The summed E-state index contributed by atoms with van der Waals surface area (Å²) >= 11 is 6.89. The number of nitriles is 1. The van der Waals surface area contributed by atoms with Crippen LogP contribution in [0.25, 0.3) is 11.1 Å². The summed E-state index contributed by atoms with van der Waals surface area (Å²) < 4.78 is 57.4. The molecule has 2 aliphatic rings. The summed E-state index contributed by atoms with van der Waals surface area (Å²) in [5, 5.41) is 9.74. The standard InChI is InChI=1S/C38H41ClN4O7S/c1-26-30(5-3-7-33(26)29-8-9-35-38(17-29)48-13-12-47-35)25-50-37-18-36(49-24-28-15-27(19-40)20-41-21-28)31(16-34(37)39)22-43(11-14-51(44,45)46)32-6-4-10-42(2)23-32/h3,5,7-9,15-18,20-21,32H,4,6,10-14,22-25H2,1-2H3,(H,44,45,46)/t32-/m1/s1. The molecule has 1 atom stereocenters.